The van der Waals surface area contributed by atoms with Crippen molar-refractivity contribution < 1.29 is 14.6 Å². The Labute approximate surface area is 121 Å². The molecule has 1 aromatic carbocycles. The Balaban J connectivity index is 2.16. The molecule has 2 N–H and O–H groups in total. The van der Waals surface area contributed by atoms with Crippen LogP contribution in [0.3, 0.4) is 0 Å². The molecule has 0 aliphatic carbocycles. The third kappa shape index (κ3) is 3.44. The van der Waals surface area contributed by atoms with Crippen LogP contribution in [-0.4, -0.2) is 30.5 Å². The molecule has 1 unspecified atom stereocenters. The SMILES string of the molecule is CCOc1cc2c(cc1CN[C@H](CC)CO)OC(C)C2. The van der Waals surface area contributed by atoms with Gasteiger partial charge in [0.25, 0.3) is 0 Å². The summed E-state index contributed by atoms with van der Waals surface area (Å²) < 4.78 is 11.5. The van der Waals surface area contributed by atoms with E-state index in [1.54, 1.807) is 0 Å². The molecule has 1 heterocycles. The van der Waals surface area contributed by atoms with Crippen molar-refractivity contribution in [3.63, 3.8) is 0 Å². The Morgan fingerprint density at radius 1 is 1.45 bits per heavy atom. The van der Waals surface area contributed by atoms with E-state index in [0.29, 0.717) is 13.2 Å². The molecule has 1 aliphatic rings. The van der Waals surface area contributed by atoms with E-state index in [0.717, 1.165) is 29.9 Å². The van der Waals surface area contributed by atoms with Crippen molar-refractivity contribution in [1.82, 2.24) is 5.32 Å². The number of aliphatic hydroxyl groups is 1. The lowest BCUT2D eigenvalue weighted by atomic mass is 10.1. The predicted molar refractivity (Wildman–Crippen MR) is 79.4 cm³/mol. The van der Waals surface area contributed by atoms with Gasteiger partial charge in [0.1, 0.15) is 17.6 Å². The number of hydrogen-bond donors (Lipinski definition) is 2. The van der Waals surface area contributed by atoms with Crippen LogP contribution in [0.4, 0.5) is 0 Å². The van der Waals surface area contributed by atoms with Crippen molar-refractivity contribution in [3.8, 4) is 11.5 Å². The summed E-state index contributed by atoms with van der Waals surface area (Å²) >= 11 is 0. The maximum atomic E-state index is 9.25. The van der Waals surface area contributed by atoms with Gasteiger partial charge < -0.3 is 19.9 Å². The highest BCUT2D eigenvalue weighted by Gasteiger charge is 2.22. The van der Waals surface area contributed by atoms with Crippen LogP contribution in [0.15, 0.2) is 12.1 Å². The molecule has 0 saturated carbocycles. The second-order valence-electron chi connectivity index (χ2n) is 5.30. The minimum Gasteiger partial charge on any atom is -0.494 e. The molecule has 4 nitrogen and oxygen atoms in total. The summed E-state index contributed by atoms with van der Waals surface area (Å²) in [5.74, 6) is 1.89. The van der Waals surface area contributed by atoms with Gasteiger partial charge in [0.15, 0.2) is 0 Å². The number of rotatable bonds is 7. The average Bonchev–Trinajstić information content (AvgIpc) is 2.79. The van der Waals surface area contributed by atoms with Gasteiger partial charge in [-0.3, -0.25) is 0 Å². The number of benzene rings is 1. The van der Waals surface area contributed by atoms with Crippen molar-refractivity contribution in [2.75, 3.05) is 13.2 Å². The molecule has 0 amide bonds. The highest BCUT2D eigenvalue weighted by atomic mass is 16.5. The fourth-order valence-corrected chi connectivity index (χ4v) is 2.50. The number of fused-ring (bicyclic) bond motifs is 1. The van der Waals surface area contributed by atoms with Crippen LogP contribution in [0.2, 0.25) is 0 Å². The smallest absolute Gasteiger partial charge is 0.124 e. The Morgan fingerprint density at radius 2 is 2.25 bits per heavy atom. The van der Waals surface area contributed by atoms with Crippen molar-refractivity contribution in [3.05, 3.63) is 23.3 Å². The van der Waals surface area contributed by atoms with E-state index in [9.17, 15) is 5.11 Å². The van der Waals surface area contributed by atoms with Crippen molar-refractivity contribution >= 4 is 0 Å². The summed E-state index contributed by atoms with van der Waals surface area (Å²) in [7, 11) is 0. The molecule has 0 saturated heterocycles. The lowest BCUT2D eigenvalue weighted by Gasteiger charge is -2.17. The Hall–Kier alpha value is -1.26. The molecule has 0 spiro atoms. The monoisotopic (exact) mass is 279 g/mol. The third-order valence-corrected chi connectivity index (χ3v) is 3.67. The number of nitrogens with one attached hydrogen (secondary N) is 1. The molecule has 2 atom stereocenters. The van der Waals surface area contributed by atoms with E-state index in [1.165, 1.54) is 5.56 Å². The van der Waals surface area contributed by atoms with Gasteiger partial charge in [0, 0.05) is 30.1 Å². The van der Waals surface area contributed by atoms with Crippen LogP contribution in [0.5, 0.6) is 11.5 Å². The van der Waals surface area contributed by atoms with Crippen LogP contribution in [-0.2, 0) is 13.0 Å². The van der Waals surface area contributed by atoms with Gasteiger partial charge in [-0.05, 0) is 32.4 Å². The molecule has 112 valence electrons. The fourth-order valence-electron chi connectivity index (χ4n) is 2.50. The van der Waals surface area contributed by atoms with Crippen LogP contribution in [0.1, 0.15) is 38.3 Å². The minimum absolute atomic E-state index is 0.123. The highest BCUT2D eigenvalue weighted by Crippen LogP contribution is 2.35. The zero-order valence-electron chi connectivity index (χ0n) is 12.6. The summed E-state index contributed by atoms with van der Waals surface area (Å²) in [6.45, 7) is 7.62. The number of ether oxygens (including phenoxy) is 2. The molecule has 0 aromatic heterocycles. The molecule has 0 radical (unpaired) electrons. The van der Waals surface area contributed by atoms with Gasteiger partial charge in [0.05, 0.1) is 13.2 Å². The van der Waals surface area contributed by atoms with Gasteiger partial charge in [-0.1, -0.05) is 6.92 Å². The topological polar surface area (TPSA) is 50.7 Å². The maximum Gasteiger partial charge on any atom is 0.124 e. The molecule has 0 fully saturated rings. The van der Waals surface area contributed by atoms with Crippen molar-refractivity contribution in [2.24, 2.45) is 0 Å². The van der Waals surface area contributed by atoms with E-state index >= 15 is 0 Å². The second-order valence-corrected chi connectivity index (χ2v) is 5.30. The number of aliphatic hydroxyl groups excluding tert-OH is 1. The largest absolute Gasteiger partial charge is 0.494 e. The second kappa shape index (κ2) is 6.95. The summed E-state index contributed by atoms with van der Waals surface area (Å²) in [5, 5.41) is 12.6. The van der Waals surface area contributed by atoms with E-state index in [4.69, 9.17) is 9.47 Å². The lowest BCUT2D eigenvalue weighted by Crippen LogP contribution is -2.31. The van der Waals surface area contributed by atoms with Crippen molar-refractivity contribution in [1.29, 1.82) is 0 Å². The van der Waals surface area contributed by atoms with Gasteiger partial charge in [-0.25, -0.2) is 0 Å². The fraction of sp³-hybridized carbons (Fsp3) is 0.625. The molecule has 1 aliphatic heterocycles. The molecule has 0 bridgehead atoms. The predicted octanol–water partition coefficient (Wildman–Crippen LogP) is 2.27. The highest BCUT2D eigenvalue weighted by molar-refractivity contribution is 5.48. The van der Waals surface area contributed by atoms with E-state index in [2.05, 4.69) is 31.3 Å². The third-order valence-electron chi connectivity index (χ3n) is 3.67. The first-order valence-corrected chi connectivity index (χ1v) is 7.47. The average molecular weight is 279 g/mol. The van der Waals surface area contributed by atoms with Gasteiger partial charge in [-0.15, -0.1) is 0 Å². The number of hydrogen-bond acceptors (Lipinski definition) is 4. The molecule has 4 heteroatoms. The zero-order chi connectivity index (χ0) is 14.5. The molecular weight excluding hydrogens is 254 g/mol. The summed E-state index contributed by atoms with van der Waals surface area (Å²) in [6.07, 6.45) is 2.08. The van der Waals surface area contributed by atoms with Gasteiger partial charge >= 0.3 is 0 Å². The van der Waals surface area contributed by atoms with E-state index in [1.807, 2.05) is 6.92 Å². The molecule has 2 rings (SSSR count). The first-order valence-electron chi connectivity index (χ1n) is 7.47. The summed E-state index contributed by atoms with van der Waals surface area (Å²) in [6, 6.07) is 4.29. The summed E-state index contributed by atoms with van der Waals surface area (Å²) in [4.78, 5) is 0. The minimum atomic E-state index is 0.123. The first-order chi connectivity index (χ1) is 9.67. The lowest BCUT2D eigenvalue weighted by molar-refractivity contribution is 0.237. The normalized spacial score (nSPS) is 18.5. The molecule has 20 heavy (non-hydrogen) atoms. The van der Waals surface area contributed by atoms with Crippen molar-refractivity contribution in [2.45, 2.75) is 52.3 Å². The van der Waals surface area contributed by atoms with E-state index < -0.39 is 0 Å². The standard InChI is InChI=1S/C16H25NO3/c1-4-14(10-18)17-9-13-8-16-12(6-11(3)20-16)7-15(13)19-5-2/h7-8,11,14,17-18H,4-6,9-10H2,1-3H3/t11?,14-/m1/s1. The maximum absolute atomic E-state index is 9.25. The van der Waals surface area contributed by atoms with Crippen LogP contribution in [0, 0.1) is 0 Å². The van der Waals surface area contributed by atoms with E-state index in [-0.39, 0.29) is 18.8 Å². The zero-order valence-corrected chi connectivity index (χ0v) is 12.6. The van der Waals surface area contributed by atoms with Crippen LogP contribution in [0.25, 0.3) is 0 Å². The van der Waals surface area contributed by atoms with Gasteiger partial charge in [-0.2, -0.15) is 0 Å². The Morgan fingerprint density at radius 3 is 2.90 bits per heavy atom. The molecular formula is C16H25NO3. The Bertz CT molecular complexity index is 444. The molecule has 1 aromatic rings. The van der Waals surface area contributed by atoms with Crippen LogP contribution < -0.4 is 14.8 Å². The Kier molecular flexibility index (Phi) is 5.26. The first kappa shape index (κ1) is 15.1. The van der Waals surface area contributed by atoms with Crippen LogP contribution >= 0.6 is 0 Å². The van der Waals surface area contributed by atoms with Gasteiger partial charge in [0.2, 0.25) is 0 Å². The quantitative estimate of drug-likeness (QED) is 0.804. The summed E-state index contributed by atoms with van der Waals surface area (Å²) in [5.41, 5.74) is 2.31.